The van der Waals surface area contributed by atoms with Crippen LogP contribution in [0.1, 0.15) is 41.9 Å². The number of aliphatic hydroxyl groups is 1. The Morgan fingerprint density at radius 1 is 0.971 bits per heavy atom. The van der Waals surface area contributed by atoms with Crippen molar-refractivity contribution in [3.05, 3.63) is 116 Å². The van der Waals surface area contributed by atoms with Crippen molar-refractivity contribution in [3.63, 3.8) is 0 Å². The molecule has 0 aromatic heterocycles. The zero-order valence-electron chi connectivity index (χ0n) is 19.2. The number of allylic oxidation sites excluding steroid dienone is 2. The summed E-state index contributed by atoms with van der Waals surface area (Å²) in [6.07, 6.45) is 1.79. The Morgan fingerprint density at radius 2 is 1.69 bits per heavy atom. The van der Waals surface area contributed by atoms with Crippen LogP contribution in [0.4, 0.5) is 5.69 Å². The molecule has 0 radical (unpaired) electrons. The number of nitrogens with zero attached hydrogens (tertiary/aromatic N) is 1. The summed E-state index contributed by atoms with van der Waals surface area (Å²) in [6, 6.07) is 22.0. The maximum Gasteiger partial charge on any atom is 0.161 e. The lowest BCUT2D eigenvalue weighted by Gasteiger charge is -2.41. The van der Waals surface area contributed by atoms with E-state index in [1.807, 2.05) is 55.5 Å². The zero-order valence-corrected chi connectivity index (χ0v) is 20.7. The summed E-state index contributed by atoms with van der Waals surface area (Å²) in [5, 5.41) is 22.1. The van der Waals surface area contributed by atoms with E-state index in [2.05, 4.69) is 0 Å². The smallest absolute Gasteiger partial charge is 0.161 e. The Kier molecular flexibility index (Phi) is 6.26. The molecule has 0 saturated heterocycles. The van der Waals surface area contributed by atoms with Crippen molar-refractivity contribution in [2.45, 2.75) is 32.1 Å². The molecule has 0 spiro atoms. The van der Waals surface area contributed by atoms with E-state index in [0.29, 0.717) is 51.7 Å². The fourth-order valence-corrected chi connectivity index (χ4v) is 5.26. The van der Waals surface area contributed by atoms with Crippen molar-refractivity contribution >= 4 is 46.3 Å². The van der Waals surface area contributed by atoms with Gasteiger partial charge in [0.05, 0.1) is 0 Å². The van der Waals surface area contributed by atoms with Crippen molar-refractivity contribution in [2.24, 2.45) is 0 Å². The van der Waals surface area contributed by atoms with Gasteiger partial charge in [-0.3, -0.25) is 15.1 Å². The highest BCUT2D eigenvalue weighted by molar-refractivity contribution is 6.31. The maximum atomic E-state index is 13.5. The minimum atomic E-state index is -0.584. The molecule has 2 aliphatic rings. The van der Waals surface area contributed by atoms with Gasteiger partial charge in [-0.25, -0.2) is 0 Å². The van der Waals surface area contributed by atoms with Crippen molar-refractivity contribution < 1.29 is 9.90 Å². The molecule has 2 N–H and O–H groups in total. The molecule has 0 amide bonds. The van der Waals surface area contributed by atoms with Crippen LogP contribution in [0.5, 0.6) is 0 Å². The molecule has 0 bridgehead atoms. The number of benzene rings is 3. The van der Waals surface area contributed by atoms with Gasteiger partial charge in [0, 0.05) is 50.5 Å². The van der Waals surface area contributed by atoms with Crippen LogP contribution in [0.2, 0.25) is 10.0 Å². The molecular formula is C29H24Cl2N2O2. The van der Waals surface area contributed by atoms with Gasteiger partial charge in [0.25, 0.3) is 0 Å². The highest BCUT2D eigenvalue weighted by Crippen LogP contribution is 2.48. The SMILES string of the molecule is Cc1ccc(/C(O)=C2\C(=N)N(c3cccc(Cl)c3)C3=C(C(=O)CCC3)C2c2ccc(Cl)cc2)cc1. The molecule has 4 nitrogen and oxygen atoms in total. The molecule has 176 valence electrons. The quantitative estimate of drug-likeness (QED) is 0.358. The average Bonchev–Trinajstić information content (AvgIpc) is 2.84. The van der Waals surface area contributed by atoms with Crippen LogP contribution in [0.15, 0.2) is 89.6 Å². The molecule has 5 rings (SSSR count). The van der Waals surface area contributed by atoms with Gasteiger partial charge in [0.1, 0.15) is 11.6 Å². The van der Waals surface area contributed by atoms with Gasteiger partial charge < -0.3 is 5.11 Å². The average molecular weight is 503 g/mol. The number of aliphatic hydroxyl groups excluding tert-OH is 1. The Labute approximate surface area is 214 Å². The lowest BCUT2D eigenvalue weighted by atomic mass is 9.73. The number of hydrogen-bond donors (Lipinski definition) is 2. The lowest BCUT2D eigenvalue weighted by Crippen LogP contribution is -2.42. The van der Waals surface area contributed by atoms with Crippen molar-refractivity contribution in [1.82, 2.24) is 0 Å². The van der Waals surface area contributed by atoms with Crippen LogP contribution >= 0.6 is 23.2 Å². The molecule has 0 saturated carbocycles. The molecule has 3 aromatic carbocycles. The van der Waals surface area contributed by atoms with Gasteiger partial charge in [0.2, 0.25) is 0 Å². The second-order valence-electron chi connectivity index (χ2n) is 8.91. The van der Waals surface area contributed by atoms with Gasteiger partial charge in [-0.1, -0.05) is 71.2 Å². The molecule has 0 fully saturated rings. The second kappa shape index (κ2) is 9.37. The third-order valence-electron chi connectivity index (χ3n) is 6.60. The van der Waals surface area contributed by atoms with Crippen LogP contribution in [0.3, 0.4) is 0 Å². The Morgan fingerprint density at radius 3 is 2.37 bits per heavy atom. The predicted molar refractivity (Wildman–Crippen MR) is 142 cm³/mol. The van der Waals surface area contributed by atoms with E-state index in [1.54, 1.807) is 29.2 Å². The third kappa shape index (κ3) is 4.29. The van der Waals surface area contributed by atoms with E-state index in [-0.39, 0.29) is 17.4 Å². The number of halogens is 2. The topological polar surface area (TPSA) is 64.4 Å². The highest BCUT2D eigenvalue weighted by atomic mass is 35.5. The number of Topliss-reactive ketones (excluding diaryl/α,β-unsaturated/α-hetero) is 1. The van der Waals surface area contributed by atoms with E-state index in [9.17, 15) is 15.3 Å². The molecule has 1 aliphatic heterocycles. The molecular weight excluding hydrogens is 479 g/mol. The van der Waals surface area contributed by atoms with Gasteiger partial charge in [0.15, 0.2) is 5.78 Å². The van der Waals surface area contributed by atoms with Gasteiger partial charge in [-0.15, -0.1) is 0 Å². The van der Waals surface area contributed by atoms with Crippen molar-refractivity contribution in [1.29, 1.82) is 5.41 Å². The van der Waals surface area contributed by atoms with Crippen LogP contribution in [-0.2, 0) is 4.79 Å². The number of rotatable bonds is 3. The Bertz CT molecular complexity index is 1390. The predicted octanol–water partition coefficient (Wildman–Crippen LogP) is 7.86. The maximum absolute atomic E-state index is 13.5. The molecule has 1 atom stereocenters. The summed E-state index contributed by atoms with van der Waals surface area (Å²) < 4.78 is 0. The van der Waals surface area contributed by atoms with E-state index in [4.69, 9.17) is 23.2 Å². The molecule has 3 aromatic rings. The monoisotopic (exact) mass is 502 g/mol. The normalized spacial score (nSPS) is 19.6. The first-order valence-corrected chi connectivity index (χ1v) is 12.3. The summed E-state index contributed by atoms with van der Waals surface area (Å²) in [5.74, 6) is -0.454. The zero-order chi connectivity index (χ0) is 24.7. The lowest BCUT2D eigenvalue weighted by molar-refractivity contribution is -0.116. The fraction of sp³-hybridized carbons (Fsp3) is 0.172. The fourth-order valence-electron chi connectivity index (χ4n) is 4.95. The van der Waals surface area contributed by atoms with E-state index in [1.165, 1.54) is 0 Å². The minimum Gasteiger partial charge on any atom is -0.507 e. The molecule has 1 unspecified atom stereocenters. The number of carbonyl (C=O) groups excluding carboxylic acids is 1. The summed E-state index contributed by atoms with van der Waals surface area (Å²) in [6.45, 7) is 1.98. The summed E-state index contributed by atoms with van der Waals surface area (Å²) in [7, 11) is 0. The van der Waals surface area contributed by atoms with Crippen molar-refractivity contribution in [3.8, 4) is 0 Å². The first-order valence-electron chi connectivity index (χ1n) is 11.5. The summed E-state index contributed by atoms with van der Waals surface area (Å²) >= 11 is 12.5. The summed E-state index contributed by atoms with van der Waals surface area (Å²) in [5.41, 5.74) is 4.93. The van der Waals surface area contributed by atoms with Gasteiger partial charge in [-0.2, -0.15) is 0 Å². The molecule has 6 heteroatoms. The number of amidine groups is 1. The van der Waals surface area contributed by atoms with Crippen LogP contribution in [0.25, 0.3) is 5.76 Å². The largest absolute Gasteiger partial charge is 0.507 e. The number of carbonyl (C=O) groups is 1. The number of anilines is 1. The number of nitrogens with one attached hydrogen (secondary N) is 1. The van der Waals surface area contributed by atoms with Crippen LogP contribution in [0, 0.1) is 12.3 Å². The van der Waals surface area contributed by atoms with Crippen LogP contribution < -0.4 is 4.90 Å². The first-order chi connectivity index (χ1) is 16.8. The highest BCUT2D eigenvalue weighted by Gasteiger charge is 2.43. The van der Waals surface area contributed by atoms with E-state index in [0.717, 1.165) is 16.8 Å². The summed E-state index contributed by atoms with van der Waals surface area (Å²) in [4.78, 5) is 15.2. The number of aryl methyl sites for hydroxylation is 1. The van der Waals surface area contributed by atoms with Crippen LogP contribution in [-0.4, -0.2) is 16.7 Å². The second-order valence-corrected chi connectivity index (χ2v) is 9.79. The first kappa shape index (κ1) is 23.4. The number of ketones is 1. The van der Waals surface area contributed by atoms with Gasteiger partial charge >= 0.3 is 0 Å². The van der Waals surface area contributed by atoms with Gasteiger partial charge in [-0.05, 0) is 55.7 Å². The third-order valence-corrected chi connectivity index (χ3v) is 7.09. The Balaban J connectivity index is 1.82. The molecule has 35 heavy (non-hydrogen) atoms. The van der Waals surface area contributed by atoms with E-state index < -0.39 is 5.92 Å². The number of hydrogen-bond acceptors (Lipinski definition) is 3. The van der Waals surface area contributed by atoms with E-state index >= 15 is 0 Å². The Hall–Kier alpha value is -3.34. The van der Waals surface area contributed by atoms with Crippen molar-refractivity contribution in [2.75, 3.05) is 4.90 Å². The standard InChI is InChI=1S/C29H24Cl2N2O2/c1-17-8-10-19(11-9-17)28(35)27-25(18-12-14-20(30)15-13-18)26-23(6-3-7-24(26)34)33(29(27)32)22-5-2-4-21(31)16-22/h2,4-5,8-16,25,32,35H,3,6-7H2,1H3/b28-27+,32-29?. The minimum absolute atomic E-state index is 0.0214. The molecule has 1 heterocycles. The molecule has 1 aliphatic carbocycles.